The SMILES string of the molecule is CC(C)(CNC(=O)NC1C=CC(C(=O)O)C1)C(N)=O. The fourth-order valence-corrected chi connectivity index (χ4v) is 1.60. The van der Waals surface area contributed by atoms with Gasteiger partial charge in [0.25, 0.3) is 0 Å². The lowest BCUT2D eigenvalue weighted by atomic mass is 9.93. The monoisotopic (exact) mass is 269 g/mol. The molecule has 7 nitrogen and oxygen atoms in total. The minimum Gasteiger partial charge on any atom is -0.481 e. The standard InChI is InChI=1S/C12H19N3O4/c1-12(2,10(13)18)6-14-11(19)15-8-4-3-7(5-8)9(16)17/h3-4,7-8H,5-6H2,1-2H3,(H2,13,18)(H,16,17)(H2,14,15,19). The lowest BCUT2D eigenvalue weighted by Crippen LogP contribution is -2.47. The summed E-state index contributed by atoms with van der Waals surface area (Å²) in [6.07, 6.45) is 3.54. The number of hydrogen-bond donors (Lipinski definition) is 4. The minimum absolute atomic E-state index is 0.118. The van der Waals surface area contributed by atoms with Crippen LogP contribution in [0.4, 0.5) is 4.79 Å². The summed E-state index contributed by atoms with van der Waals surface area (Å²) in [4.78, 5) is 33.4. The van der Waals surface area contributed by atoms with E-state index in [4.69, 9.17) is 10.8 Å². The van der Waals surface area contributed by atoms with Gasteiger partial charge in [-0.2, -0.15) is 0 Å². The molecule has 0 aromatic carbocycles. The van der Waals surface area contributed by atoms with E-state index in [1.54, 1.807) is 26.0 Å². The Bertz CT molecular complexity index is 417. The van der Waals surface area contributed by atoms with Crippen LogP contribution in [-0.4, -0.2) is 35.6 Å². The van der Waals surface area contributed by atoms with Crippen molar-refractivity contribution in [3.8, 4) is 0 Å². The van der Waals surface area contributed by atoms with E-state index in [1.807, 2.05) is 0 Å². The smallest absolute Gasteiger partial charge is 0.315 e. The van der Waals surface area contributed by atoms with Crippen LogP contribution >= 0.6 is 0 Å². The predicted octanol–water partition coefficient (Wildman–Crippen LogP) is -0.174. The van der Waals surface area contributed by atoms with Gasteiger partial charge in [-0.1, -0.05) is 12.2 Å². The Labute approximate surface area is 111 Å². The molecule has 1 aliphatic carbocycles. The van der Waals surface area contributed by atoms with E-state index in [-0.39, 0.29) is 12.6 Å². The lowest BCUT2D eigenvalue weighted by Gasteiger charge is -2.21. The Morgan fingerprint density at radius 3 is 2.47 bits per heavy atom. The van der Waals surface area contributed by atoms with E-state index >= 15 is 0 Å². The molecule has 0 fully saturated rings. The predicted molar refractivity (Wildman–Crippen MR) is 68.2 cm³/mol. The number of nitrogens with one attached hydrogen (secondary N) is 2. The van der Waals surface area contributed by atoms with Gasteiger partial charge in [-0.3, -0.25) is 9.59 Å². The van der Waals surface area contributed by atoms with Gasteiger partial charge in [0.1, 0.15) is 0 Å². The van der Waals surface area contributed by atoms with E-state index in [0.29, 0.717) is 6.42 Å². The van der Waals surface area contributed by atoms with Gasteiger partial charge >= 0.3 is 12.0 Å². The summed E-state index contributed by atoms with van der Waals surface area (Å²) in [5, 5.41) is 14.0. The molecular formula is C12H19N3O4. The molecule has 3 amide bonds. The summed E-state index contributed by atoms with van der Waals surface area (Å²) in [7, 11) is 0. The highest BCUT2D eigenvalue weighted by Gasteiger charge is 2.27. The third-order valence-corrected chi connectivity index (χ3v) is 3.08. The maximum atomic E-state index is 11.6. The molecule has 0 aliphatic heterocycles. The molecule has 2 unspecified atom stereocenters. The molecule has 2 atom stereocenters. The second kappa shape index (κ2) is 5.73. The van der Waals surface area contributed by atoms with Crippen molar-refractivity contribution in [3.05, 3.63) is 12.2 Å². The van der Waals surface area contributed by atoms with Crippen LogP contribution in [-0.2, 0) is 9.59 Å². The average Bonchev–Trinajstić information content (AvgIpc) is 2.75. The van der Waals surface area contributed by atoms with E-state index in [9.17, 15) is 14.4 Å². The van der Waals surface area contributed by atoms with Crippen LogP contribution in [0.25, 0.3) is 0 Å². The summed E-state index contributed by atoms with van der Waals surface area (Å²) in [5.74, 6) is -1.97. The first-order valence-corrected chi connectivity index (χ1v) is 5.98. The van der Waals surface area contributed by atoms with Gasteiger partial charge in [0.2, 0.25) is 5.91 Å². The normalized spacial score (nSPS) is 22.0. The van der Waals surface area contributed by atoms with Gasteiger partial charge in [-0.05, 0) is 20.3 Å². The summed E-state index contributed by atoms with van der Waals surface area (Å²) >= 11 is 0. The third-order valence-electron chi connectivity index (χ3n) is 3.08. The Morgan fingerprint density at radius 2 is 2.00 bits per heavy atom. The Balaban J connectivity index is 2.36. The molecule has 0 spiro atoms. The Morgan fingerprint density at radius 1 is 1.37 bits per heavy atom. The van der Waals surface area contributed by atoms with Gasteiger partial charge in [-0.15, -0.1) is 0 Å². The van der Waals surface area contributed by atoms with Crippen molar-refractivity contribution in [2.45, 2.75) is 26.3 Å². The number of nitrogens with two attached hydrogens (primary N) is 1. The van der Waals surface area contributed by atoms with E-state index in [0.717, 1.165) is 0 Å². The zero-order chi connectivity index (χ0) is 14.6. The lowest BCUT2D eigenvalue weighted by molar-refractivity contribution is -0.140. The maximum absolute atomic E-state index is 11.6. The zero-order valence-corrected chi connectivity index (χ0v) is 11.0. The minimum atomic E-state index is -0.907. The Hall–Kier alpha value is -2.05. The first kappa shape index (κ1) is 15.0. The van der Waals surface area contributed by atoms with Crippen LogP contribution in [0, 0.1) is 11.3 Å². The van der Waals surface area contributed by atoms with Crippen molar-refractivity contribution < 1.29 is 19.5 Å². The number of carbonyl (C=O) groups is 3. The van der Waals surface area contributed by atoms with Crippen molar-refractivity contribution in [2.75, 3.05) is 6.54 Å². The molecule has 1 rings (SSSR count). The molecule has 0 bridgehead atoms. The molecular weight excluding hydrogens is 250 g/mol. The molecule has 0 aromatic rings. The maximum Gasteiger partial charge on any atom is 0.315 e. The molecule has 0 radical (unpaired) electrons. The van der Waals surface area contributed by atoms with Gasteiger partial charge in [0.15, 0.2) is 0 Å². The van der Waals surface area contributed by atoms with Gasteiger partial charge in [0, 0.05) is 6.54 Å². The average molecular weight is 269 g/mol. The summed E-state index contributed by atoms with van der Waals surface area (Å²) in [6.45, 7) is 3.38. The van der Waals surface area contributed by atoms with Crippen molar-refractivity contribution >= 4 is 17.9 Å². The number of primary amides is 1. The molecule has 7 heteroatoms. The number of amides is 3. The molecule has 1 aliphatic rings. The first-order chi connectivity index (χ1) is 8.72. The molecule has 0 saturated heterocycles. The summed E-state index contributed by atoms with van der Waals surface area (Å²) < 4.78 is 0. The van der Waals surface area contributed by atoms with Crippen molar-refractivity contribution in [1.82, 2.24) is 10.6 Å². The van der Waals surface area contributed by atoms with Crippen LogP contribution in [0.2, 0.25) is 0 Å². The highest BCUT2D eigenvalue weighted by atomic mass is 16.4. The number of carboxylic acid groups (broad SMARTS) is 1. The molecule has 0 saturated carbocycles. The second-order valence-electron chi connectivity index (χ2n) is 5.25. The van der Waals surface area contributed by atoms with Crippen molar-refractivity contribution in [2.24, 2.45) is 17.1 Å². The highest BCUT2D eigenvalue weighted by Crippen LogP contribution is 2.18. The van der Waals surface area contributed by atoms with Crippen molar-refractivity contribution in [1.29, 1.82) is 0 Å². The van der Waals surface area contributed by atoms with Crippen LogP contribution in [0.5, 0.6) is 0 Å². The van der Waals surface area contributed by atoms with E-state index in [1.165, 1.54) is 0 Å². The number of urea groups is 1. The number of carbonyl (C=O) groups excluding carboxylic acids is 2. The number of aliphatic carboxylic acids is 1. The largest absolute Gasteiger partial charge is 0.481 e. The second-order valence-corrected chi connectivity index (χ2v) is 5.25. The summed E-state index contributed by atoms with van der Waals surface area (Å²) in [6, 6.07) is -0.757. The fraction of sp³-hybridized carbons (Fsp3) is 0.583. The van der Waals surface area contributed by atoms with Crippen LogP contribution < -0.4 is 16.4 Å². The van der Waals surface area contributed by atoms with Crippen LogP contribution in [0.1, 0.15) is 20.3 Å². The van der Waals surface area contributed by atoms with Crippen molar-refractivity contribution in [3.63, 3.8) is 0 Å². The van der Waals surface area contributed by atoms with Gasteiger partial charge in [0.05, 0.1) is 17.4 Å². The highest BCUT2D eigenvalue weighted by molar-refractivity contribution is 5.81. The van der Waals surface area contributed by atoms with E-state index in [2.05, 4.69) is 10.6 Å². The Kier molecular flexibility index (Phi) is 4.52. The summed E-state index contributed by atoms with van der Waals surface area (Å²) in [5.41, 5.74) is 4.36. The number of rotatable bonds is 5. The molecule has 0 heterocycles. The van der Waals surface area contributed by atoms with Crippen LogP contribution in [0.3, 0.4) is 0 Å². The zero-order valence-electron chi connectivity index (χ0n) is 11.0. The first-order valence-electron chi connectivity index (χ1n) is 5.98. The van der Waals surface area contributed by atoms with Crippen LogP contribution in [0.15, 0.2) is 12.2 Å². The molecule has 5 N–H and O–H groups in total. The number of hydrogen-bond acceptors (Lipinski definition) is 3. The molecule has 19 heavy (non-hydrogen) atoms. The third kappa shape index (κ3) is 4.27. The number of carboxylic acids is 1. The van der Waals surface area contributed by atoms with Gasteiger partial charge in [-0.25, -0.2) is 4.79 Å². The van der Waals surface area contributed by atoms with E-state index < -0.39 is 29.2 Å². The van der Waals surface area contributed by atoms with Gasteiger partial charge < -0.3 is 21.5 Å². The molecule has 106 valence electrons. The molecule has 0 aromatic heterocycles. The fourth-order valence-electron chi connectivity index (χ4n) is 1.60. The quantitative estimate of drug-likeness (QED) is 0.517. The topological polar surface area (TPSA) is 122 Å².